The third kappa shape index (κ3) is 9.24. The summed E-state index contributed by atoms with van der Waals surface area (Å²) < 4.78 is 15.1. The molecule has 12 nitrogen and oxygen atoms in total. The van der Waals surface area contributed by atoms with Gasteiger partial charge in [-0.2, -0.15) is 0 Å². The van der Waals surface area contributed by atoms with Gasteiger partial charge in [0.05, 0.1) is 18.5 Å². The number of esters is 2. The van der Waals surface area contributed by atoms with Crippen LogP contribution in [0.15, 0.2) is 84.9 Å². The quantitative estimate of drug-likeness (QED) is 0.150. The van der Waals surface area contributed by atoms with Gasteiger partial charge in [-0.25, -0.2) is 9.59 Å². The molecule has 208 valence electrons. The van der Waals surface area contributed by atoms with E-state index in [2.05, 4.69) is 15.4 Å². The Balaban J connectivity index is 1.73. The van der Waals surface area contributed by atoms with Crippen LogP contribution < -0.4 is 15.4 Å². The van der Waals surface area contributed by atoms with Crippen LogP contribution >= 0.6 is 0 Å². The van der Waals surface area contributed by atoms with Gasteiger partial charge in [-0.05, 0) is 23.3 Å². The summed E-state index contributed by atoms with van der Waals surface area (Å²) in [6, 6.07) is 19.8. The van der Waals surface area contributed by atoms with Crippen LogP contribution in [0.3, 0.4) is 0 Å². The SMILES string of the molecule is COC(=O)CC(NC(=O)C(Cc1ccccc1)NC(=O)OCc1ccccc1)C(=O)Oc1ccc([N+](=O)[O-])cc1. The van der Waals surface area contributed by atoms with Crippen molar-refractivity contribution in [1.82, 2.24) is 10.6 Å². The number of carbonyl (C=O) groups excluding carboxylic acids is 4. The fraction of sp³-hybridized carbons (Fsp3) is 0.214. The van der Waals surface area contributed by atoms with Crippen molar-refractivity contribution >= 4 is 29.6 Å². The number of alkyl carbamates (subject to hydrolysis) is 1. The third-order valence-corrected chi connectivity index (χ3v) is 5.57. The first-order valence-electron chi connectivity index (χ1n) is 12.1. The molecule has 3 aromatic rings. The highest BCUT2D eigenvalue weighted by Gasteiger charge is 2.31. The van der Waals surface area contributed by atoms with E-state index in [-0.39, 0.29) is 24.5 Å². The number of carbonyl (C=O) groups is 4. The van der Waals surface area contributed by atoms with Crippen molar-refractivity contribution < 1.29 is 38.3 Å². The lowest BCUT2D eigenvalue weighted by atomic mass is 10.0. The summed E-state index contributed by atoms with van der Waals surface area (Å²) in [7, 11) is 1.12. The minimum atomic E-state index is -1.49. The first kappa shape index (κ1) is 29.3. The van der Waals surface area contributed by atoms with Gasteiger partial charge in [-0.15, -0.1) is 0 Å². The summed E-state index contributed by atoms with van der Waals surface area (Å²) in [5, 5.41) is 15.8. The number of methoxy groups -OCH3 is 1. The monoisotopic (exact) mass is 549 g/mol. The number of nitrogens with zero attached hydrogens (tertiary/aromatic N) is 1. The Kier molecular flexibility index (Phi) is 10.7. The normalized spacial score (nSPS) is 11.8. The molecule has 0 aliphatic carbocycles. The summed E-state index contributed by atoms with van der Waals surface area (Å²) in [6.07, 6.45) is -1.38. The maximum Gasteiger partial charge on any atom is 0.408 e. The van der Waals surface area contributed by atoms with Crippen molar-refractivity contribution in [1.29, 1.82) is 0 Å². The number of nitrogens with one attached hydrogen (secondary N) is 2. The van der Waals surface area contributed by atoms with Crippen molar-refractivity contribution in [3.05, 3.63) is 106 Å². The lowest BCUT2D eigenvalue weighted by molar-refractivity contribution is -0.384. The number of hydrogen-bond acceptors (Lipinski definition) is 9. The Morgan fingerprint density at radius 3 is 2.00 bits per heavy atom. The first-order valence-corrected chi connectivity index (χ1v) is 12.1. The second kappa shape index (κ2) is 14.6. The van der Waals surface area contributed by atoms with Gasteiger partial charge in [0.25, 0.3) is 5.69 Å². The average molecular weight is 550 g/mol. The Morgan fingerprint density at radius 1 is 0.825 bits per heavy atom. The van der Waals surface area contributed by atoms with Crippen LogP contribution in [0.2, 0.25) is 0 Å². The van der Waals surface area contributed by atoms with Gasteiger partial charge in [0, 0.05) is 18.6 Å². The van der Waals surface area contributed by atoms with Crippen molar-refractivity contribution in [3.63, 3.8) is 0 Å². The molecule has 2 unspecified atom stereocenters. The highest BCUT2D eigenvalue weighted by molar-refractivity contribution is 5.92. The second-order valence-electron chi connectivity index (χ2n) is 8.46. The van der Waals surface area contributed by atoms with E-state index in [1.54, 1.807) is 54.6 Å². The van der Waals surface area contributed by atoms with Crippen LogP contribution in [0.1, 0.15) is 17.5 Å². The maximum absolute atomic E-state index is 13.3. The fourth-order valence-corrected chi connectivity index (χ4v) is 3.50. The molecule has 2 N–H and O–H groups in total. The number of nitro benzene ring substituents is 1. The Hall–Kier alpha value is -5.26. The zero-order valence-corrected chi connectivity index (χ0v) is 21.5. The van der Waals surface area contributed by atoms with Crippen LogP contribution in [0.5, 0.6) is 5.75 Å². The van der Waals surface area contributed by atoms with E-state index >= 15 is 0 Å². The summed E-state index contributed by atoms with van der Waals surface area (Å²) in [6.45, 7) is -0.0289. The highest BCUT2D eigenvalue weighted by Crippen LogP contribution is 2.18. The molecular formula is C28H27N3O9. The molecule has 0 aliphatic heterocycles. The smallest absolute Gasteiger partial charge is 0.408 e. The summed E-state index contributed by atoms with van der Waals surface area (Å²) in [4.78, 5) is 61.0. The van der Waals surface area contributed by atoms with E-state index in [1.807, 2.05) is 6.07 Å². The summed E-state index contributed by atoms with van der Waals surface area (Å²) in [5.74, 6) is -2.64. The van der Waals surface area contributed by atoms with Gasteiger partial charge in [-0.1, -0.05) is 60.7 Å². The van der Waals surface area contributed by atoms with Crippen LogP contribution in [0, 0.1) is 10.1 Å². The Morgan fingerprint density at radius 2 is 1.43 bits per heavy atom. The van der Waals surface area contributed by atoms with Crippen LogP contribution in [-0.4, -0.2) is 48.1 Å². The molecule has 0 radical (unpaired) electrons. The molecule has 2 atom stereocenters. The van der Waals surface area contributed by atoms with Crippen molar-refractivity contribution in [2.24, 2.45) is 0 Å². The zero-order chi connectivity index (χ0) is 28.9. The predicted octanol–water partition coefficient (Wildman–Crippen LogP) is 3.09. The van der Waals surface area contributed by atoms with Gasteiger partial charge >= 0.3 is 18.0 Å². The average Bonchev–Trinajstić information content (AvgIpc) is 2.96. The Bertz CT molecular complexity index is 1320. The maximum atomic E-state index is 13.3. The molecule has 0 spiro atoms. The minimum absolute atomic E-state index is 0.0289. The van der Waals surface area contributed by atoms with Crippen LogP contribution in [0.4, 0.5) is 10.5 Å². The molecule has 0 aliphatic rings. The molecule has 0 bridgehead atoms. The lowest BCUT2D eigenvalue weighted by Gasteiger charge is -2.22. The van der Waals surface area contributed by atoms with E-state index in [4.69, 9.17) is 9.47 Å². The number of hydrogen-bond donors (Lipinski definition) is 2. The van der Waals surface area contributed by atoms with Crippen molar-refractivity contribution in [2.45, 2.75) is 31.5 Å². The molecule has 12 heteroatoms. The predicted molar refractivity (Wildman–Crippen MR) is 141 cm³/mol. The third-order valence-electron chi connectivity index (χ3n) is 5.57. The number of ether oxygens (including phenoxy) is 3. The topological polar surface area (TPSA) is 163 Å². The molecule has 2 amide bonds. The molecule has 0 fully saturated rings. The molecular weight excluding hydrogens is 522 g/mol. The largest absolute Gasteiger partial charge is 0.469 e. The molecule has 0 aromatic heterocycles. The van der Waals surface area contributed by atoms with E-state index < -0.39 is 47.4 Å². The molecule has 0 saturated heterocycles. The first-order chi connectivity index (χ1) is 19.2. The number of amides is 2. The molecule has 0 heterocycles. The van der Waals surface area contributed by atoms with Crippen molar-refractivity contribution in [3.8, 4) is 5.75 Å². The number of rotatable bonds is 12. The van der Waals surface area contributed by atoms with Gasteiger partial charge in [-0.3, -0.25) is 19.7 Å². The molecule has 0 saturated carbocycles. The van der Waals surface area contributed by atoms with E-state index in [1.165, 1.54) is 12.1 Å². The Labute approximate surface area is 229 Å². The molecule has 3 rings (SSSR count). The van der Waals surface area contributed by atoms with Gasteiger partial charge < -0.3 is 24.8 Å². The van der Waals surface area contributed by atoms with Gasteiger partial charge in [0.1, 0.15) is 24.4 Å². The summed E-state index contributed by atoms with van der Waals surface area (Å²) >= 11 is 0. The van der Waals surface area contributed by atoms with E-state index in [0.29, 0.717) is 5.56 Å². The number of nitro groups is 1. The van der Waals surface area contributed by atoms with E-state index in [0.717, 1.165) is 24.8 Å². The lowest BCUT2D eigenvalue weighted by Crippen LogP contribution is -2.53. The van der Waals surface area contributed by atoms with Crippen LogP contribution in [0.25, 0.3) is 0 Å². The van der Waals surface area contributed by atoms with Gasteiger partial charge in [0.15, 0.2) is 0 Å². The van der Waals surface area contributed by atoms with Crippen LogP contribution in [-0.2, 0) is 36.9 Å². The molecule has 40 heavy (non-hydrogen) atoms. The number of non-ortho nitro benzene ring substituents is 1. The minimum Gasteiger partial charge on any atom is -0.469 e. The standard InChI is InChI=1S/C28H27N3O9/c1-38-25(32)17-24(27(34)40-22-14-12-21(13-15-22)31(36)37)29-26(33)23(16-19-8-4-2-5-9-19)30-28(35)39-18-20-10-6-3-7-11-20/h2-15,23-24H,16-18H2,1H3,(H,29,33)(H,30,35). The second-order valence-corrected chi connectivity index (χ2v) is 8.46. The summed E-state index contributed by atoms with van der Waals surface area (Å²) in [5.41, 5.74) is 1.24. The highest BCUT2D eigenvalue weighted by atomic mass is 16.6. The van der Waals surface area contributed by atoms with E-state index in [9.17, 15) is 29.3 Å². The number of benzene rings is 3. The van der Waals surface area contributed by atoms with Crippen molar-refractivity contribution in [2.75, 3.05) is 7.11 Å². The zero-order valence-electron chi connectivity index (χ0n) is 21.5. The molecule has 3 aromatic carbocycles. The fourth-order valence-electron chi connectivity index (χ4n) is 3.50. The van der Waals surface area contributed by atoms with Gasteiger partial charge in [0.2, 0.25) is 5.91 Å².